The Bertz CT molecular complexity index is 1100. The number of carbonyl (C=O) groups excluding carboxylic acids is 2. The van der Waals surface area contributed by atoms with Crippen molar-refractivity contribution < 1.29 is 18.7 Å². The number of rotatable bonds is 17. The zero-order valence-corrected chi connectivity index (χ0v) is 30.3. The summed E-state index contributed by atoms with van der Waals surface area (Å²) in [4.78, 5) is 25.3. The summed E-state index contributed by atoms with van der Waals surface area (Å²) in [7, 11) is 0. The van der Waals surface area contributed by atoms with Gasteiger partial charge in [-0.3, -0.25) is 9.59 Å². The highest BCUT2D eigenvalue weighted by atomic mass is 19.1. The third-order valence-corrected chi connectivity index (χ3v) is 7.32. The van der Waals surface area contributed by atoms with Gasteiger partial charge in [-0.1, -0.05) is 111 Å². The molecule has 0 spiro atoms. The van der Waals surface area contributed by atoms with Crippen molar-refractivity contribution in [3.05, 3.63) is 77.2 Å². The predicted molar refractivity (Wildman–Crippen MR) is 192 cm³/mol. The highest BCUT2D eigenvalue weighted by molar-refractivity contribution is 5.88. The van der Waals surface area contributed by atoms with Crippen LogP contribution in [0.1, 0.15) is 111 Å². The third-order valence-electron chi connectivity index (χ3n) is 7.32. The maximum absolute atomic E-state index is 12.8. The van der Waals surface area contributed by atoms with E-state index in [1.165, 1.54) is 17.7 Å². The molecule has 46 heavy (non-hydrogen) atoms. The van der Waals surface area contributed by atoms with E-state index in [-0.39, 0.29) is 24.2 Å². The van der Waals surface area contributed by atoms with Gasteiger partial charge in [-0.05, 0) is 80.2 Å². The van der Waals surface area contributed by atoms with E-state index >= 15 is 0 Å². The molecule has 2 atom stereocenters. The summed E-state index contributed by atoms with van der Waals surface area (Å²) in [5, 5.41) is 9.18. The molecule has 0 aromatic heterocycles. The molecule has 2 aromatic rings. The first-order valence-corrected chi connectivity index (χ1v) is 17.7. The Balaban J connectivity index is 0.00000143. The molecule has 0 bridgehead atoms. The van der Waals surface area contributed by atoms with Crippen LogP contribution < -0.4 is 20.7 Å². The average Bonchev–Trinajstić information content (AvgIpc) is 3.90. The Labute approximate surface area is 280 Å². The van der Waals surface area contributed by atoms with E-state index in [0.29, 0.717) is 18.4 Å². The van der Waals surface area contributed by atoms with Gasteiger partial charge in [-0.2, -0.15) is 0 Å². The molecule has 0 saturated heterocycles. The molecule has 1 aliphatic rings. The van der Waals surface area contributed by atoms with E-state index in [9.17, 15) is 14.0 Å². The first-order valence-electron chi connectivity index (χ1n) is 17.7. The Hall–Kier alpha value is -3.35. The lowest BCUT2D eigenvalue weighted by molar-refractivity contribution is -0.128. The largest absolute Gasteiger partial charge is 0.493 e. The van der Waals surface area contributed by atoms with Crippen LogP contribution >= 0.6 is 0 Å². The minimum Gasteiger partial charge on any atom is -0.493 e. The minimum atomic E-state index is -0.465. The number of para-hydroxylation sites is 1. The van der Waals surface area contributed by atoms with E-state index in [1.54, 1.807) is 6.07 Å². The number of hydrogen-bond donors (Lipinski definition) is 3. The van der Waals surface area contributed by atoms with Crippen LogP contribution in [0.25, 0.3) is 0 Å². The summed E-state index contributed by atoms with van der Waals surface area (Å²) >= 11 is 0. The lowest BCUT2D eigenvalue weighted by atomic mass is 10.1. The predicted octanol–water partition coefficient (Wildman–Crippen LogP) is 8.93. The fourth-order valence-electron chi connectivity index (χ4n) is 4.37. The molecule has 2 amide bonds. The molecule has 3 N–H and O–H groups in total. The highest BCUT2D eigenvalue weighted by Gasteiger charge is 2.30. The molecule has 6 nitrogen and oxygen atoms in total. The molecule has 3 rings (SSSR count). The molecular formula is C39H64FN3O3. The summed E-state index contributed by atoms with van der Waals surface area (Å²) in [5.41, 5.74) is 3.19. The molecule has 0 aliphatic heterocycles. The lowest BCUT2D eigenvalue weighted by Crippen LogP contribution is -2.49. The molecule has 0 radical (unpaired) electrons. The maximum Gasteiger partial charge on any atom is 0.242 e. The Morgan fingerprint density at radius 1 is 1.00 bits per heavy atom. The van der Waals surface area contributed by atoms with Crippen LogP contribution in [0.4, 0.5) is 4.39 Å². The highest BCUT2D eigenvalue weighted by Crippen LogP contribution is 2.33. The van der Waals surface area contributed by atoms with Gasteiger partial charge in [0.2, 0.25) is 11.8 Å². The molecular weight excluding hydrogens is 577 g/mol. The average molecular weight is 642 g/mol. The number of amides is 2. The van der Waals surface area contributed by atoms with Gasteiger partial charge in [0.25, 0.3) is 0 Å². The van der Waals surface area contributed by atoms with Crippen LogP contribution in [0.15, 0.2) is 60.3 Å². The lowest BCUT2D eigenvalue weighted by Gasteiger charge is -2.19. The minimum absolute atomic E-state index is 0.0821. The first-order chi connectivity index (χ1) is 22.2. The standard InChI is InChI=1S/C28H45N3O3.C7H7F.2C2H6/c1-5-11-24(7-3)30-19-27(32)31-25(18-22-15-16-22)28(33)29-17-10-13-23-12-8-9-14-26(23)34-20-21(4)6-2;1-6-3-2-4-7(8)5-6;2*1-2/h8-9,11-12,14,21-22,25,30H,5-7,10,13,15-20H2,1-4H3,(H,29,33)(H,31,32);2-5H,1H3;2*1-2H3/b24-11+;;;/t21-,25?;;;/m1.../s1. The molecule has 260 valence electrons. The van der Waals surface area contributed by atoms with E-state index < -0.39 is 6.04 Å². The molecule has 1 aliphatic carbocycles. The number of halogens is 1. The number of hydrogen-bond acceptors (Lipinski definition) is 4. The van der Waals surface area contributed by atoms with Gasteiger partial charge in [-0.25, -0.2) is 4.39 Å². The van der Waals surface area contributed by atoms with Crippen molar-refractivity contribution in [2.75, 3.05) is 19.7 Å². The smallest absolute Gasteiger partial charge is 0.242 e. The number of benzene rings is 2. The fourth-order valence-corrected chi connectivity index (χ4v) is 4.37. The molecule has 1 fully saturated rings. The van der Waals surface area contributed by atoms with Crippen LogP contribution in [0, 0.1) is 24.6 Å². The molecule has 1 saturated carbocycles. The monoisotopic (exact) mass is 641 g/mol. The third kappa shape index (κ3) is 19.9. The summed E-state index contributed by atoms with van der Waals surface area (Å²) < 4.78 is 18.2. The van der Waals surface area contributed by atoms with Crippen LogP contribution in [0.5, 0.6) is 5.75 Å². The Morgan fingerprint density at radius 2 is 1.70 bits per heavy atom. The summed E-state index contributed by atoms with van der Waals surface area (Å²) in [6.45, 7) is 19.9. The topological polar surface area (TPSA) is 79.5 Å². The zero-order valence-electron chi connectivity index (χ0n) is 30.3. The van der Waals surface area contributed by atoms with Crippen molar-refractivity contribution in [3.8, 4) is 5.75 Å². The van der Waals surface area contributed by atoms with E-state index in [4.69, 9.17) is 4.74 Å². The Morgan fingerprint density at radius 3 is 2.26 bits per heavy atom. The second-order valence-electron chi connectivity index (χ2n) is 11.3. The van der Waals surface area contributed by atoms with Crippen molar-refractivity contribution in [1.29, 1.82) is 0 Å². The molecule has 7 heteroatoms. The van der Waals surface area contributed by atoms with Crippen molar-refractivity contribution in [2.24, 2.45) is 11.8 Å². The van der Waals surface area contributed by atoms with Crippen molar-refractivity contribution in [3.63, 3.8) is 0 Å². The van der Waals surface area contributed by atoms with Gasteiger partial charge in [0.05, 0.1) is 13.2 Å². The fraction of sp³-hybridized carbons (Fsp3) is 0.590. The number of allylic oxidation sites excluding steroid dienone is 2. The quantitative estimate of drug-likeness (QED) is 0.151. The zero-order chi connectivity index (χ0) is 34.7. The number of aryl methyl sites for hydroxylation is 2. The van der Waals surface area contributed by atoms with Gasteiger partial charge in [0.15, 0.2) is 0 Å². The van der Waals surface area contributed by atoms with Gasteiger partial charge < -0.3 is 20.7 Å². The first kappa shape index (κ1) is 42.6. The maximum atomic E-state index is 12.8. The van der Waals surface area contributed by atoms with Gasteiger partial charge in [0, 0.05) is 12.2 Å². The van der Waals surface area contributed by atoms with Crippen molar-refractivity contribution in [2.45, 2.75) is 120 Å². The van der Waals surface area contributed by atoms with Gasteiger partial charge >= 0.3 is 0 Å². The Kier molecular flexibility index (Phi) is 24.9. The second-order valence-corrected chi connectivity index (χ2v) is 11.3. The summed E-state index contributed by atoms with van der Waals surface area (Å²) in [6, 6.07) is 14.2. The molecule has 2 aromatic carbocycles. The van der Waals surface area contributed by atoms with Gasteiger partial charge in [-0.15, -0.1) is 0 Å². The van der Waals surface area contributed by atoms with Crippen LogP contribution in [-0.2, 0) is 16.0 Å². The van der Waals surface area contributed by atoms with Crippen LogP contribution in [-0.4, -0.2) is 37.6 Å². The van der Waals surface area contributed by atoms with Crippen molar-refractivity contribution >= 4 is 11.8 Å². The SMILES string of the molecule is CC.CC.CC/C=C(\CC)NCC(=O)NC(CC1CC1)C(=O)NCCCc1ccccc1OC[C@H](C)CC.Cc1cccc(F)c1. The van der Waals surface area contributed by atoms with Crippen LogP contribution in [0.2, 0.25) is 0 Å². The van der Waals surface area contributed by atoms with E-state index in [2.05, 4.69) is 55.8 Å². The van der Waals surface area contributed by atoms with Crippen LogP contribution in [0.3, 0.4) is 0 Å². The number of ether oxygens (including phenoxy) is 1. The number of nitrogens with one attached hydrogen (secondary N) is 3. The normalized spacial score (nSPS) is 13.2. The van der Waals surface area contributed by atoms with E-state index in [0.717, 1.165) is 75.0 Å². The van der Waals surface area contributed by atoms with Gasteiger partial charge in [0.1, 0.15) is 17.6 Å². The van der Waals surface area contributed by atoms with E-state index in [1.807, 2.05) is 58.9 Å². The summed E-state index contributed by atoms with van der Waals surface area (Å²) in [6.07, 6.45) is 9.64. The van der Waals surface area contributed by atoms with Crippen molar-refractivity contribution in [1.82, 2.24) is 16.0 Å². The second kappa shape index (κ2) is 26.8. The summed E-state index contributed by atoms with van der Waals surface area (Å²) in [5.74, 6) is 1.63. The molecule has 1 unspecified atom stereocenters. The number of carbonyl (C=O) groups is 2. The molecule has 0 heterocycles.